The third-order valence-corrected chi connectivity index (χ3v) is 5.07. The van der Waals surface area contributed by atoms with Crippen LogP contribution in [0.15, 0.2) is 23.8 Å². The molecule has 2 amide bonds. The molecule has 1 aliphatic heterocycles. The Kier molecular flexibility index (Phi) is 5.15. The van der Waals surface area contributed by atoms with Crippen molar-refractivity contribution in [1.82, 2.24) is 9.80 Å². The number of carbonyl (C=O) groups is 2. The fourth-order valence-electron chi connectivity index (χ4n) is 3.32. The Balaban J connectivity index is 1.70. The van der Waals surface area contributed by atoms with Crippen molar-refractivity contribution in [3.63, 3.8) is 0 Å². The number of anilines is 1. The summed E-state index contributed by atoms with van der Waals surface area (Å²) in [6, 6.07) is 2.22. The molecule has 1 atom stereocenters. The van der Waals surface area contributed by atoms with Crippen LogP contribution in [0.3, 0.4) is 0 Å². The number of methoxy groups -OCH3 is 1. The van der Waals surface area contributed by atoms with E-state index in [1.165, 1.54) is 18.7 Å². The van der Waals surface area contributed by atoms with E-state index in [9.17, 15) is 14.0 Å². The summed E-state index contributed by atoms with van der Waals surface area (Å²) >= 11 is 0. The molecule has 7 heteroatoms. The second-order valence-electron chi connectivity index (χ2n) is 6.86. The first kappa shape index (κ1) is 18.2. The Morgan fingerprint density at radius 2 is 2.04 bits per heavy atom. The van der Waals surface area contributed by atoms with Crippen molar-refractivity contribution in [2.75, 3.05) is 32.5 Å². The summed E-state index contributed by atoms with van der Waals surface area (Å²) in [5.41, 5.74) is 7.14. The van der Waals surface area contributed by atoms with Crippen LogP contribution in [-0.2, 0) is 4.79 Å². The van der Waals surface area contributed by atoms with Crippen molar-refractivity contribution in [3.8, 4) is 5.75 Å². The number of hydrogen-bond acceptors (Lipinski definition) is 4. The fraction of sp³-hybridized carbons (Fsp3) is 0.474. The lowest BCUT2D eigenvalue weighted by Crippen LogP contribution is -2.55. The second-order valence-corrected chi connectivity index (χ2v) is 6.86. The van der Waals surface area contributed by atoms with Gasteiger partial charge in [-0.05, 0) is 32.3 Å². The average molecular weight is 361 g/mol. The number of hydrogen-bond donors (Lipinski definition) is 1. The zero-order valence-corrected chi connectivity index (χ0v) is 15.1. The molecule has 1 saturated heterocycles. The Morgan fingerprint density at radius 3 is 2.62 bits per heavy atom. The summed E-state index contributed by atoms with van der Waals surface area (Å²) in [5, 5.41) is 0. The van der Waals surface area contributed by atoms with Gasteiger partial charge in [0, 0.05) is 37.8 Å². The summed E-state index contributed by atoms with van der Waals surface area (Å²) in [6.45, 7) is 3.09. The van der Waals surface area contributed by atoms with Gasteiger partial charge in [0.05, 0.1) is 18.4 Å². The van der Waals surface area contributed by atoms with Crippen LogP contribution in [-0.4, -0.2) is 54.4 Å². The Labute approximate surface area is 152 Å². The molecule has 0 bridgehead atoms. The van der Waals surface area contributed by atoms with E-state index in [0.29, 0.717) is 19.6 Å². The first-order valence-corrected chi connectivity index (χ1v) is 8.83. The van der Waals surface area contributed by atoms with Gasteiger partial charge in [-0.2, -0.15) is 0 Å². The van der Waals surface area contributed by atoms with Gasteiger partial charge in [0.1, 0.15) is 11.6 Å². The van der Waals surface area contributed by atoms with Crippen molar-refractivity contribution in [2.45, 2.75) is 32.2 Å². The molecular weight excluding hydrogens is 337 g/mol. The average Bonchev–Trinajstić information content (AvgIpc) is 2.58. The number of allylic oxidation sites excluding steroid dienone is 1. The second kappa shape index (κ2) is 7.35. The highest BCUT2D eigenvalue weighted by atomic mass is 19.1. The SMILES string of the molecule is COc1cc(F)c(C(=O)N2CCN(C(=O)C=C3CCC3)CC2C)cc1N. The van der Waals surface area contributed by atoms with Gasteiger partial charge in [0.25, 0.3) is 5.91 Å². The molecule has 1 aliphatic carbocycles. The largest absolute Gasteiger partial charge is 0.494 e. The minimum absolute atomic E-state index is 0.00137. The normalized spacial score (nSPS) is 19.8. The van der Waals surface area contributed by atoms with E-state index >= 15 is 0 Å². The predicted molar refractivity (Wildman–Crippen MR) is 96.4 cm³/mol. The van der Waals surface area contributed by atoms with Gasteiger partial charge in [-0.15, -0.1) is 0 Å². The molecule has 1 unspecified atom stereocenters. The van der Waals surface area contributed by atoms with Crippen LogP contribution >= 0.6 is 0 Å². The number of ether oxygens (including phenoxy) is 1. The van der Waals surface area contributed by atoms with Crippen LogP contribution in [0, 0.1) is 5.82 Å². The van der Waals surface area contributed by atoms with Crippen molar-refractivity contribution >= 4 is 17.5 Å². The Hall–Kier alpha value is -2.57. The van der Waals surface area contributed by atoms with Crippen molar-refractivity contribution < 1.29 is 18.7 Å². The summed E-state index contributed by atoms with van der Waals surface area (Å²) in [6.07, 6.45) is 4.86. The van der Waals surface area contributed by atoms with Crippen LogP contribution in [0.25, 0.3) is 0 Å². The zero-order chi connectivity index (χ0) is 18.8. The number of nitrogens with zero attached hydrogens (tertiary/aromatic N) is 2. The van der Waals surface area contributed by atoms with Crippen LogP contribution in [0.4, 0.5) is 10.1 Å². The van der Waals surface area contributed by atoms with Gasteiger partial charge >= 0.3 is 0 Å². The quantitative estimate of drug-likeness (QED) is 0.661. The van der Waals surface area contributed by atoms with E-state index in [0.717, 1.165) is 25.3 Å². The first-order valence-electron chi connectivity index (χ1n) is 8.83. The highest BCUT2D eigenvalue weighted by molar-refractivity contribution is 5.96. The topological polar surface area (TPSA) is 75.9 Å². The fourth-order valence-corrected chi connectivity index (χ4v) is 3.32. The van der Waals surface area contributed by atoms with E-state index in [1.54, 1.807) is 15.9 Å². The molecular formula is C19H24FN3O3. The van der Waals surface area contributed by atoms with Crippen LogP contribution < -0.4 is 10.5 Å². The Morgan fingerprint density at radius 1 is 1.31 bits per heavy atom. The number of rotatable bonds is 3. The van der Waals surface area contributed by atoms with Crippen LogP contribution in [0.2, 0.25) is 0 Å². The summed E-state index contributed by atoms with van der Waals surface area (Å²) in [4.78, 5) is 28.4. The number of amides is 2. The standard InChI is InChI=1S/C19H24FN3O3/c1-12-11-22(18(24)8-13-4-3-5-13)6-7-23(12)19(25)14-9-16(21)17(26-2)10-15(14)20/h8-10,12H,3-7,11,21H2,1-2H3. The van der Waals surface area contributed by atoms with Crippen molar-refractivity contribution in [2.24, 2.45) is 0 Å². The van der Waals surface area contributed by atoms with Gasteiger partial charge in [-0.3, -0.25) is 9.59 Å². The minimum Gasteiger partial charge on any atom is -0.494 e. The van der Waals surface area contributed by atoms with Gasteiger partial charge in [0.2, 0.25) is 5.91 Å². The van der Waals surface area contributed by atoms with E-state index < -0.39 is 11.7 Å². The number of piperazine rings is 1. The molecule has 2 aliphatic rings. The molecule has 0 aromatic heterocycles. The maximum Gasteiger partial charge on any atom is 0.257 e. The lowest BCUT2D eigenvalue weighted by molar-refractivity contribution is -0.128. The molecule has 0 spiro atoms. The van der Waals surface area contributed by atoms with E-state index in [2.05, 4.69) is 0 Å². The maximum atomic E-state index is 14.3. The highest BCUT2D eigenvalue weighted by Crippen LogP contribution is 2.27. The maximum absolute atomic E-state index is 14.3. The summed E-state index contributed by atoms with van der Waals surface area (Å²) < 4.78 is 19.3. The van der Waals surface area contributed by atoms with Crippen molar-refractivity contribution in [1.29, 1.82) is 0 Å². The smallest absolute Gasteiger partial charge is 0.257 e. The summed E-state index contributed by atoms with van der Waals surface area (Å²) in [5.74, 6) is -0.889. The van der Waals surface area contributed by atoms with Gasteiger partial charge < -0.3 is 20.3 Å². The lowest BCUT2D eigenvalue weighted by Gasteiger charge is -2.39. The molecule has 2 fully saturated rings. The molecule has 3 rings (SSSR count). The van der Waals surface area contributed by atoms with E-state index in [1.807, 2.05) is 6.92 Å². The molecule has 1 heterocycles. The highest BCUT2D eigenvalue weighted by Gasteiger charge is 2.31. The van der Waals surface area contributed by atoms with Gasteiger partial charge in [0.15, 0.2) is 0 Å². The summed E-state index contributed by atoms with van der Waals surface area (Å²) in [7, 11) is 1.39. The Bertz CT molecular complexity index is 757. The number of nitrogens with two attached hydrogens (primary N) is 1. The van der Waals surface area contributed by atoms with Gasteiger partial charge in [-0.25, -0.2) is 4.39 Å². The molecule has 6 nitrogen and oxygen atoms in total. The van der Waals surface area contributed by atoms with Gasteiger partial charge in [-0.1, -0.05) is 5.57 Å². The minimum atomic E-state index is -0.665. The lowest BCUT2D eigenvalue weighted by atomic mass is 9.92. The zero-order valence-electron chi connectivity index (χ0n) is 15.1. The molecule has 1 aromatic carbocycles. The number of carbonyl (C=O) groups excluding carboxylic acids is 2. The van der Waals surface area contributed by atoms with Crippen LogP contribution in [0.1, 0.15) is 36.5 Å². The van der Waals surface area contributed by atoms with E-state index in [4.69, 9.17) is 10.5 Å². The predicted octanol–water partition coefficient (Wildman–Crippen LogP) is 2.20. The molecule has 0 radical (unpaired) electrons. The molecule has 26 heavy (non-hydrogen) atoms. The number of halogens is 1. The number of benzene rings is 1. The van der Waals surface area contributed by atoms with Crippen molar-refractivity contribution in [3.05, 3.63) is 35.2 Å². The first-order chi connectivity index (χ1) is 12.4. The third-order valence-electron chi connectivity index (χ3n) is 5.07. The third kappa shape index (κ3) is 3.52. The monoisotopic (exact) mass is 361 g/mol. The number of nitrogen functional groups attached to an aromatic ring is 1. The molecule has 2 N–H and O–H groups in total. The molecule has 140 valence electrons. The van der Waals surface area contributed by atoms with E-state index in [-0.39, 0.29) is 28.9 Å². The molecule has 1 aromatic rings. The molecule has 1 saturated carbocycles. The van der Waals surface area contributed by atoms with Crippen LogP contribution in [0.5, 0.6) is 5.75 Å².